The lowest BCUT2D eigenvalue weighted by atomic mass is 9.86. The van der Waals surface area contributed by atoms with Crippen molar-refractivity contribution in [1.82, 2.24) is 0 Å². The van der Waals surface area contributed by atoms with E-state index in [0.29, 0.717) is 25.4 Å². The van der Waals surface area contributed by atoms with Crippen molar-refractivity contribution < 1.29 is 19.0 Å². The van der Waals surface area contributed by atoms with Crippen LogP contribution < -0.4 is 0 Å². The molecule has 0 saturated carbocycles. The van der Waals surface area contributed by atoms with Crippen molar-refractivity contribution in [3.8, 4) is 0 Å². The molecule has 1 spiro atoms. The zero-order valence-electron chi connectivity index (χ0n) is 13.5. The molecule has 1 fully saturated rings. The van der Waals surface area contributed by atoms with Crippen LogP contribution in [0.2, 0.25) is 0 Å². The minimum absolute atomic E-state index is 0.282. The van der Waals surface area contributed by atoms with Gasteiger partial charge >= 0.3 is 5.97 Å². The van der Waals surface area contributed by atoms with E-state index < -0.39 is 5.79 Å². The van der Waals surface area contributed by atoms with Crippen molar-refractivity contribution in [1.29, 1.82) is 0 Å². The molecule has 4 heteroatoms. The molecule has 0 radical (unpaired) electrons. The summed E-state index contributed by atoms with van der Waals surface area (Å²) < 4.78 is 17.0. The third kappa shape index (κ3) is 3.07. The summed E-state index contributed by atoms with van der Waals surface area (Å²) in [6.45, 7) is 1.63. The van der Waals surface area contributed by atoms with Gasteiger partial charge in [-0.2, -0.15) is 0 Å². The second kappa shape index (κ2) is 6.38. The van der Waals surface area contributed by atoms with Gasteiger partial charge in [-0.1, -0.05) is 36.4 Å². The molecule has 2 aliphatic rings. The number of fused-ring (bicyclic) bond motifs is 1. The van der Waals surface area contributed by atoms with E-state index in [0.717, 1.165) is 24.8 Å². The predicted octanol–water partition coefficient (Wildman–Crippen LogP) is 3.28. The second-order valence-corrected chi connectivity index (χ2v) is 6.33. The molecule has 0 unspecified atom stereocenters. The first-order chi connectivity index (χ1) is 11.7. The lowest BCUT2D eigenvalue weighted by Gasteiger charge is -2.32. The average Bonchev–Trinajstić information content (AvgIpc) is 3.08. The molecule has 1 aliphatic heterocycles. The summed E-state index contributed by atoms with van der Waals surface area (Å²) in [6.07, 6.45) is 2.44. The molecule has 2 aromatic carbocycles. The van der Waals surface area contributed by atoms with Crippen LogP contribution >= 0.6 is 0 Å². The standard InChI is InChI=1S/C20H20O4/c21-19(22-14-15-4-2-1-3-5-15)17-6-7-18-13-20(23-10-11-24-20)9-8-16(18)12-17/h1-7,12H,8-11,13-14H2. The van der Waals surface area contributed by atoms with Crippen molar-refractivity contribution in [2.24, 2.45) is 0 Å². The van der Waals surface area contributed by atoms with Gasteiger partial charge in [-0.25, -0.2) is 4.79 Å². The van der Waals surface area contributed by atoms with Gasteiger partial charge in [-0.3, -0.25) is 0 Å². The molecule has 0 amide bonds. The van der Waals surface area contributed by atoms with Crippen molar-refractivity contribution >= 4 is 5.97 Å². The zero-order chi connectivity index (χ0) is 16.4. The number of hydrogen-bond donors (Lipinski definition) is 0. The zero-order valence-corrected chi connectivity index (χ0v) is 13.5. The van der Waals surface area contributed by atoms with Crippen LogP contribution in [0.5, 0.6) is 0 Å². The fourth-order valence-electron chi connectivity index (χ4n) is 3.41. The second-order valence-electron chi connectivity index (χ2n) is 6.33. The van der Waals surface area contributed by atoms with E-state index in [1.165, 1.54) is 11.1 Å². The molecule has 124 valence electrons. The Morgan fingerprint density at radius 1 is 1.04 bits per heavy atom. The fraction of sp³-hybridized carbons (Fsp3) is 0.350. The molecule has 0 N–H and O–H groups in total. The number of benzene rings is 2. The lowest BCUT2D eigenvalue weighted by Crippen LogP contribution is -2.37. The summed E-state index contributed by atoms with van der Waals surface area (Å²) in [5.74, 6) is -0.724. The number of carbonyl (C=O) groups is 1. The Balaban J connectivity index is 1.44. The minimum atomic E-state index is -0.442. The van der Waals surface area contributed by atoms with Gasteiger partial charge in [0.15, 0.2) is 5.79 Å². The summed E-state index contributed by atoms with van der Waals surface area (Å²) in [6, 6.07) is 15.5. The Bertz CT molecular complexity index is 733. The van der Waals surface area contributed by atoms with Crippen LogP contribution in [0.25, 0.3) is 0 Å². The molecule has 2 aromatic rings. The van der Waals surface area contributed by atoms with Gasteiger partial charge < -0.3 is 14.2 Å². The van der Waals surface area contributed by atoms with Crippen molar-refractivity contribution in [3.63, 3.8) is 0 Å². The van der Waals surface area contributed by atoms with E-state index >= 15 is 0 Å². The number of hydrogen-bond acceptors (Lipinski definition) is 4. The molecule has 4 nitrogen and oxygen atoms in total. The minimum Gasteiger partial charge on any atom is -0.457 e. The summed E-state index contributed by atoms with van der Waals surface area (Å²) in [4.78, 5) is 12.3. The first kappa shape index (κ1) is 15.4. The largest absolute Gasteiger partial charge is 0.457 e. The quantitative estimate of drug-likeness (QED) is 0.813. The maximum absolute atomic E-state index is 12.3. The Kier molecular flexibility index (Phi) is 4.08. The van der Waals surface area contributed by atoms with E-state index in [9.17, 15) is 4.79 Å². The third-order valence-corrected chi connectivity index (χ3v) is 4.70. The van der Waals surface area contributed by atoms with E-state index in [2.05, 4.69) is 0 Å². The molecule has 0 aromatic heterocycles. The lowest BCUT2D eigenvalue weighted by molar-refractivity contribution is -0.163. The highest BCUT2D eigenvalue weighted by Gasteiger charge is 2.39. The van der Waals surface area contributed by atoms with E-state index in [-0.39, 0.29) is 5.97 Å². The highest BCUT2D eigenvalue weighted by molar-refractivity contribution is 5.89. The highest BCUT2D eigenvalue weighted by atomic mass is 16.7. The number of aryl methyl sites for hydroxylation is 1. The first-order valence-corrected chi connectivity index (χ1v) is 8.35. The predicted molar refractivity (Wildman–Crippen MR) is 88.7 cm³/mol. The molecular formula is C20H20O4. The molecule has 4 rings (SSSR count). The molecule has 1 aliphatic carbocycles. The maximum atomic E-state index is 12.3. The summed E-state index contributed by atoms with van der Waals surface area (Å²) in [5, 5.41) is 0. The number of ether oxygens (including phenoxy) is 3. The van der Waals surface area contributed by atoms with E-state index in [4.69, 9.17) is 14.2 Å². The van der Waals surface area contributed by atoms with Crippen molar-refractivity contribution in [2.75, 3.05) is 13.2 Å². The molecular weight excluding hydrogens is 304 g/mol. The van der Waals surface area contributed by atoms with Gasteiger partial charge in [-0.15, -0.1) is 0 Å². The van der Waals surface area contributed by atoms with Crippen LogP contribution in [0.15, 0.2) is 48.5 Å². The monoisotopic (exact) mass is 324 g/mol. The first-order valence-electron chi connectivity index (χ1n) is 8.35. The Hall–Kier alpha value is -2.17. The van der Waals surface area contributed by atoms with Gasteiger partial charge in [0.25, 0.3) is 0 Å². The average molecular weight is 324 g/mol. The number of rotatable bonds is 3. The van der Waals surface area contributed by atoms with Gasteiger partial charge in [0.2, 0.25) is 0 Å². The summed E-state index contributed by atoms with van der Waals surface area (Å²) >= 11 is 0. The van der Waals surface area contributed by atoms with E-state index in [1.807, 2.05) is 48.5 Å². The van der Waals surface area contributed by atoms with Crippen LogP contribution in [0.3, 0.4) is 0 Å². The molecule has 24 heavy (non-hydrogen) atoms. The SMILES string of the molecule is O=C(OCc1ccccc1)c1ccc2c(c1)CCC1(C2)OCCO1. The van der Waals surface area contributed by atoms with Crippen LogP contribution in [-0.2, 0) is 33.7 Å². The van der Waals surface area contributed by atoms with Crippen molar-refractivity contribution in [3.05, 3.63) is 70.8 Å². The summed E-state index contributed by atoms with van der Waals surface area (Å²) in [5.41, 5.74) is 3.98. The normalized spacial score (nSPS) is 18.3. The molecule has 1 heterocycles. The number of esters is 1. The Labute approximate surface area is 141 Å². The highest BCUT2D eigenvalue weighted by Crippen LogP contribution is 2.35. The van der Waals surface area contributed by atoms with Gasteiger partial charge in [0, 0.05) is 12.8 Å². The topological polar surface area (TPSA) is 44.8 Å². The van der Waals surface area contributed by atoms with Crippen molar-refractivity contribution in [2.45, 2.75) is 31.7 Å². The van der Waals surface area contributed by atoms with Gasteiger partial charge in [-0.05, 0) is 35.2 Å². The molecule has 0 atom stereocenters. The van der Waals surface area contributed by atoms with Crippen LogP contribution in [0, 0.1) is 0 Å². The third-order valence-electron chi connectivity index (χ3n) is 4.70. The summed E-state index contributed by atoms with van der Waals surface area (Å²) in [7, 11) is 0. The van der Waals surface area contributed by atoms with Crippen LogP contribution in [-0.4, -0.2) is 25.0 Å². The molecule has 1 saturated heterocycles. The maximum Gasteiger partial charge on any atom is 0.338 e. The smallest absolute Gasteiger partial charge is 0.338 e. The fourth-order valence-corrected chi connectivity index (χ4v) is 3.41. The van der Waals surface area contributed by atoms with Crippen LogP contribution in [0.1, 0.15) is 33.5 Å². The van der Waals surface area contributed by atoms with Gasteiger partial charge in [0.05, 0.1) is 18.8 Å². The van der Waals surface area contributed by atoms with Gasteiger partial charge in [0.1, 0.15) is 6.61 Å². The Morgan fingerprint density at radius 2 is 1.83 bits per heavy atom. The molecule has 0 bridgehead atoms. The Morgan fingerprint density at radius 3 is 2.62 bits per heavy atom. The van der Waals surface area contributed by atoms with E-state index in [1.54, 1.807) is 0 Å². The number of carbonyl (C=O) groups excluding carboxylic acids is 1. The van der Waals surface area contributed by atoms with Crippen LogP contribution in [0.4, 0.5) is 0 Å².